The van der Waals surface area contributed by atoms with Crippen molar-refractivity contribution in [2.45, 2.75) is 0 Å². The van der Waals surface area contributed by atoms with Crippen LogP contribution in [0.5, 0.6) is 0 Å². The van der Waals surface area contributed by atoms with Crippen LogP contribution >= 0.6 is 0 Å². The lowest BCUT2D eigenvalue weighted by Gasteiger charge is -1.78. The van der Waals surface area contributed by atoms with Crippen molar-refractivity contribution >= 4 is 21.9 Å². The highest BCUT2D eigenvalue weighted by atomic mass is 16.5. The van der Waals surface area contributed by atoms with E-state index in [0.29, 0.717) is 0 Å². The molecule has 0 amide bonds. The number of benzene rings is 2. The van der Waals surface area contributed by atoms with Crippen molar-refractivity contribution in [1.82, 2.24) is 10.3 Å². The Morgan fingerprint density at radius 1 is 0.833 bits per heavy atom. The lowest BCUT2D eigenvalue weighted by molar-refractivity contribution is 0.428. The number of para-hydroxylation sites is 1. The van der Waals surface area contributed by atoms with Crippen molar-refractivity contribution in [2.75, 3.05) is 0 Å². The first kappa shape index (κ1) is 10.5. The summed E-state index contributed by atoms with van der Waals surface area (Å²) in [6.45, 7) is 0. The van der Waals surface area contributed by atoms with Crippen molar-refractivity contribution in [1.29, 1.82) is 0 Å². The second-order valence-corrected chi connectivity index (χ2v) is 3.74. The van der Waals surface area contributed by atoms with E-state index in [0.717, 1.165) is 21.9 Å². The lowest BCUT2D eigenvalue weighted by Crippen LogP contribution is -1.61. The fraction of sp³-hybridized carbons (Fsp3) is 0. The highest BCUT2D eigenvalue weighted by Crippen LogP contribution is 2.10. The average Bonchev–Trinajstić information content (AvgIpc) is 3.08. The largest absolute Gasteiger partial charge is 0.364 e. The van der Waals surface area contributed by atoms with E-state index in [4.69, 9.17) is 9.05 Å². The van der Waals surface area contributed by atoms with Gasteiger partial charge in [0.1, 0.15) is 11.8 Å². The van der Waals surface area contributed by atoms with Gasteiger partial charge in [0, 0.05) is 10.8 Å². The SMILES string of the molecule is c1ccc2nocc2c1.c1ccc2oncc2c1. The molecule has 2 aromatic carbocycles. The van der Waals surface area contributed by atoms with Crippen molar-refractivity contribution in [3.8, 4) is 0 Å². The fourth-order valence-electron chi connectivity index (χ4n) is 1.62. The molecule has 0 aliphatic carbocycles. The molecule has 2 aromatic heterocycles. The van der Waals surface area contributed by atoms with Crippen LogP contribution < -0.4 is 0 Å². The van der Waals surface area contributed by atoms with Gasteiger partial charge in [0.15, 0.2) is 5.58 Å². The van der Waals surface area contributed by atoms with E-state index in [1.54, 1.807) is 12.5 Å². The molecule has 2 heterocycles. The third-order valence-electron chi connectivity index (χ3n) is 2.53. The molecule has 4 rings (SSSR count). The summed E-state index contributed by atoms with van der Waals surface area (Å²) in [5.41, 5.74) is 1.76. The van der Waals surface area contributed by atoms with Crippen LogP contribution in [0, 0.1) is 0 Å². The summed E-state index contributed by atoms with van der Waals surface area (Å²) >= 11 is 0. The molecule has 18 heavy (non-hydrogen) atoms. The van der Waals surface area contributed by atoms with Crippen molar-refractivity contribution in [3.05, 3.63) is 61.0 Å². The Kier molecular flexibility index (Phi) is 2.75. The Balaban J connectivity index is 0.000000111. The number of nitrogens with zero attached hydrogens (tertiary/aromatic N) is 2. The standard InChI is InChI=1S/2C7H5NO/c1-2-4-7-6(3-1)5-9-8-7;1-2-4-7-6(3-1)5-8-9-7/h2*1-5H. The molecule has 0 spiro atoms. The molecule has 0 aliphatic rings. The van der Waals surface area contributed by atoms with Gasteiger partial charge in [0.25, 0.3) is 0 Å². The molecule has 0 radical (unpaired) electrons. The minimum Gasteiger partial charge on any atom is -0.364 e. The van der Waals surface area contributed by atoms with E-state index >= 15 is 0 Å². The molecule has 0 fully saturated rings. The molecule has 88 valence electrons. The van der Waals surface area contributed by atoms with Gasteiger partial charge in [0.05, 0.1) is 6.20 Å². The van der Waals surface area contributed by atoms with E-state index in [-0.39, 0.29) is 0 Å². The summed E-state index contributed by atoms with van der Waals surface area (Å²) < 4.78 is 9.58. The Bertz CT molecular complexity index is 632. The lowest BCUT2D eigenvalue weighted by atomic mass is 10.3. The zero-order chi connectivity index (χ0) is 12.2. The smallest absolute Gasteiger partial charge is 0.166 e. The van der Waals surface area contributed by atoms with Crippen LogP contribution in [0.25, 0.3) is 21.9 Å². The Hall–Kier alpha value is -2.62. The topological polar surface area (TPSA) is 52.1 Å². The van der Waals surface area contributed by atoms with E-state index in [9.17, 15) is 0 Å². The predicted octanol–water partition coefficient (Wildman–Crippen LogP) is 3.66. The maximum absolute atomic E-state index is 4.87. The van der Waals surface area contributed by atoms with Crippen molar-refractivity contribution in [2.24, 2.45) is 0 Å². The van der Waals surface area contributed by atoms with Crippen LogP contribution in [0.2, 0.25) is 0 Å². The van der Waals surface area contributed by atoms with Crippen molar-refractivity contribution < 1.29 is 9.05 Å². The van der Waals surface area contributed by atoms with Gasteiger partial charge in [-0.3, -0.25) is 0 Å². The first-order chi connectivity index (χ1) is 8.93. The van der Waals surface area contributed by atoms with E-state index < -0.39 is 0 Å². The molecular weight excluding hydrogens is 228 g/mol. The van der Waals surface area contributed by atoms with E-state index in [1.165, 1.54) is 0 Å². The Labute approximate surface area is 103 Å². The number of rotatable bonds is 0. The molecule has 4 nitrogen and oxygen atoms in total. The molecule has 0 saturated heterocycles. The summed E-state index contributed by atoms with van der Waals surface area (Å²) in [5.74, 6) is 0. The van der Waals surface area contributed by atoms with Crippen LogP contribution in [-0.2, 0) is 0 Å². The number of aromatic nitrogens is 2. The van der Waals surface area contributed by atoms with E-state index in [1.807, 2.05) is 48.5 Å². The molecule has 0 aliphatic heterocycles. The normalized spacial score (nSPS) is 10.2. The second-order valence-electron chi connectivity index (χ2n) is 3.74. The summed E-state index contributed by atoms with van der Waals surface area (Å²) in [5, 5.41) is 9.48. The van der Waals surface area contributed by atoms with E-state index in [2.05, 4.69) is 10.3 Å². The van der Waals surface area contributed by atoms with Gasteiger partial charge < -0.3 is 9.05 Å². The minimum absolute atomic E-state index is 0.845. The Morgan fingerprint density at radius 2 is 1.61 bits per heavy atom. The first-order valence-electron chi connectivity index (χ1n) is 5.52. The van der Waals surface area contributed by atoms with Gasteiger partial charge >= 0.3 is 0 Å². The van der Waals surface area contributed by atoms with Crippen LogP contribution in [0.1, 0.15) is 0 Å². The molecule has 0 bridgehead atoms. The number of hydrogen-bond acceptors (Lipinski definition) is 4. The fourth-order valence-corrected chi connectivity index (χ4v) is 1.62. The third kappa shape index (κ3) is 2.08. The molecule has 0 atom stereocenters. The van der Waals surface area contributed by atoms with Gasteiger partial charge in [0.2, 0.25) is 0 Å². The highest BCUT2D eigenvalue weighted by molar-refractivity contribution is 5.76. The summed E-state index contributed by atoms with van der Waals surface area (Å²) in [6.07, 6.45) is 3.34. The maximum atomic E-state index is 4.87. The number of fused-ring (bicyclic) bond motifs is 2. The molecular formula is C14H10N2O2. The summed E-state index contributed by atoms with van der Waals surface area (Å²) in [4.78, 5) is 0. The monoisotopic (exact) mass is 238 g/mol. The third-order valence-corrected chi connectivity index (χ3v) is 2.53. The zero-order valence-electron chi connectivity index (χ0n) is 9.48. The summed E-state index contributed by atoms with van der Waals surface area (Å²) in [7, 11) is 0. The van der Waals surface area contributed by atoms with Crippen LogP contribution in [0.4, 0.5) is 0 Å². The van der Waals surface area contributed by atoms with Gasteiger partial charge in [-0.2, -0.15) is 0 Å². The van der Waals surface area contributed by atoms with Gasteiger partial charge in [-0.25, -0.2) is 0 Å². The number of hydrogen-bond donors (Lipinski definition) is 0. The van der Waals surface area contributed by atoms with Crippen LogP contribution in [-0.4, -0.2) is 10.3 Å². The second kappa shape index (κ2) is 4.71. The predicted molar refractivity (Wildman–Crippen MR) is 68.0 cm³/mol. The van der Waals surface area contributed by atoms with Gasteiger partial charge in [-0.15, -0.1) is 0 Å². The maximum Gasteiger partial charge on any atom is 0.166 e. The van der Waals surface area contributed by atoms with Gasteiger partial charge in [-0.05, 0) is 24.3 Å². The highest BCUT2D eigenvalue weighted by Gasteiger charge is 1.92. The quantitative estimate of drug-likeness (QED) is 0.469. The Morgan fingerprint density at radius 3 is 2.44 bits per heavy atom. The first-order valence-corrected chi connectivity index (χ1v) is 5.52. The molecule has 0 saturated carbocycles. The van der Waals surface area contributed by atoms with Crippen LogP contribution in [0.3, 0.4) is 0 Å². The minimum atomic E-state index is 0.845. The zero-order valence-corrected chi connectivity index (χ0v) is 9.48. The van der Waals surface area contributed by atoms with Crippen LogP contribution in [0.15, 0.2) is 70.0 Å². The molecule has 0 unspecified atom stereocenters. The van der Waals surface area contributed by atoms with Gasteiger partial charge in [-0.1, -0.05) is 34.6 Å². The average molecular weight is 238 g/mol. The summed E-state index contributed by atoms with van der Waals surface area (Å²) in [6, 6.07) is 15.5. The molecule has 4 heteroatoms. The molecule has 0 N–H and O–H groups in total. The molecule has 4 aromatic rings. The van der Waals surface area contributed by atoms with Crippen molar-refractivity contribution in [3.63, 3.8) is 0 Å².